The summed E-state index contributed by atoms with van der Waals surface area (Å²) in [5, 5.41) is 14.9. The van der Waals surface area contributed by atoms with Crippen LogP contribution in [0.4, 0.5) is 13.2 Å². The van der Waals surface area contributed by atoms with Crippen molar-refractivity contribution in [1.29, 1.82) is 0 Å². The molecule has 2 atom stereocenters. The van der Waals surface area contributed by atoms with Gasteiger partial charge in [-0.3, -0.25) is 4.79 Å². The van der Waals surface area contributed by atoms with Gasteiger partial charge in [0.2, 0.25) is 0 Å². The van der Waals surface area contributed by atoms with Gasteiger partial charge in [0.15, 0.2) is 0 Å². The van der Waals surface area contributed by atoms with E-state index in [1.165, 1.54) is 24.3 Å². The molecule has 3 N–H and O–H groups in total. The van der Waals surface area contributed by atoms with Gasteiger partial charge < -0.3 is 20.5 Å². The highest BCUT2D eigenvalue weighted by atomic mass is 19.4. The molecule has 1 heterocycles. The minimum absolute atomic E-state index is 0.174. The summed E-state index contributed by atoms with van der Waals surface area (Å²) in [7, 11) is 0. The average Bonchev–Trinajstić information content (AvgIpc) is 2.53. The van der Waals surface area contributed by atoms with Crippen LogP contribution in [0.2, 0.25) is 0 Å². The number of carbonyl (C=O) groups is 1. The third-order valence-electron chi connectivity index (χ3n) is 3.55. The van der Waals surface area contributed by atoms with Gasteiger partial charge in [0.05, 0.1) is 0 Å². The highest BCUT2D eigenvalue weighted by Crippen LogP contribution is 2.24. The van der Waals surface area contributed by atoms with E-state index in [9.17, 15) is 18.0 Å². The number of carbonyl (C=O) groups excluding carboxylic acids is 1. The molecule has 1 amide bonds. The van der Waals surface area contributed by atoms with E-state index in [-0.39, 0.29) is 17.4 Å². The first-order chi connectivity index (χ1) is 10.9. The van der Waals surface area contributed by atoms with Crippen molar-refractivity contribution in [2.45, 2.75) is 37.8 Å². The molecule has 2 unspecified atom stereocenters. The van der Waals surface area contributed by atoms with Crippen LogP contribution in [0.5, 0.6) is 5.75 Å². The highest BCUT2D eigenvalue weighted by molar-refractivity contribution is 5.94. The molecule has 128 valence electrons. The lowest BCUT2D eigenvalue weighted by molar-refractivity contribution is -0.264. The van der Waals surface area contributed by atoms with Crippen LogP contribution in [0.3, 0.4) is 0 Å². The molecule has 1 aromatic rings. The first kappa shape index (κ1) is 17.6. The minimum atomic E-state index is -4.88. The molecule has 1 aliphatic heterocycles. The second-order valence-corrected chi connectivity index (χ2v) is 5.40. The van der Waals surface area contributed by atoms with Crippen LogP contribution >= 0.6 is 0 Å². The van der Waals surface area contributed by atoms with E-state index in [0.717, 1.165) is 25.8 Å². The number of ether oxygens (including phenoxy) is 1. The normalized spacial score (nSPS) is 19.9. The third kappa shape index (κ3) is 5.40. The molecule has 5 nitrogen and oxygen atoms in total. The number of aliphatic hydroxyl groups is 1. The van der Waals surface area contributed by atoms with Gasteiger partial charge >= 0.3 is 6.18 Å². The van der Waals surface area contributed by atoms with Crippen molar-refractivity contribution in [2.24, 2.45) is 0 Å². The van der Waals surface area contributed by atoms with Gasteiger partial charge in [0.25, 0.3) is 12.2 Å². The van der Waals surface area contributed by atoms with Crippen molar-refractivity contribution in [3.63, 3.8) is 0 Å². The zero-order valence-corrected chi connectivity index (χ0v) is 12.4. The van der Waals surface area contributed by atoms with Gasteiger partial charge in [0.1, 0.15) is 5.75 Å². The molecular weight excluding hydrogens is 313 g/mol. The number of hydrogen-bond acceptors (Lipinski definition) is 4. The number of halogens is 3. The fourth-order valence-electron chi connectivity index (χ4n) is 2.32. The molecule has 0 bridgehead atoms. The molecule has 1 saturated heterocycles. The first-order valence-corrected chi connectivity index (χ1v) is 7.39. The Morgan fingerprint density at radius 3 is 2.87 bits per heavy atom. The largest absolute Gasteiger partial charge is 0.455 e. The molecule has 23 heavy (non-hydrogen) atoms. The van der Waals surface area contributed by atoms with Crippen LogP contribution in [0.25, 0.3) is 0 Å². The van der Waals surface area contributed by atoms with E-state index >= 15 is 0 Å². The molecule has 1 aliphatic rings. The van der Waals surface area contributed by atoms with E-state index in [1.807, 2.05) is 0 Å². The lowest BCUT2D eigenvalue weighted by Gasteiger charge is -2.23. The molecule has 8 heteroatoms. The number of hydrogen-bond donors (Lipinski definition) is 3. The molecule has 0 aromatic heterocycles. The highest BCUT2D eigenvalue weighted by Gasteiger charge is 2.40. The number of amides is 1. The molecule has 0 radical (unpaired) electrons. The predicted molar refractivity (Wildman–Crippen MR) is 77.1 cm³/mol. The molecule has 0 saturated carbocycles. The smallest absolute Gasteiger partial charge is 0.452 e. The quantitative estimate of drug-likeness (QED) is 0.720. The Labute approximate surface area is 131 Å². The summed E-state index contributed by atoms with van der Waals surface area (Å²) in [6.45, 7) is 1.37. The van der Waals surface area contributed by atoms with Crippen LogP contribution in [-0.4, -0.2) is 42.6 Å². The Morgan fingerprint density at radius 1 is 1.43 bits per heavy atom. The van der Waals surface area contributed by atoms with Gasteiger partial charge in [-0.1, -0.05) is 12.5 Å². The minimum Gasteiger partial charge on any atom is -0.455 e. The van der Waals surface area contributed by atoms with E-state index in [0.29, 0.717) is 6.54 Å². The first-order valence-electron chi connectivity index (χ1n) is 7.39. The molecule has 0 spiro atoms. The molecule has 2 rings (SSSR count). The van der Waals surface area contributed by atoms with Crippen molar-refractivity contribution in [3.8, 4) is 5.75 Å². The maximum absolute atomic E-state index is 12.3. The van der Waals surface area contributed by atoms with Crippen LogP contribution in [0.15, 0.2) is 24.3 Å². The Bertz CT molecular complexity index is 531. The SMILES string of the molecule is O=C(NCC1CCCCN1)c1cccc(OC(O)C(F)(F)F)c1. The Hall–Kier alpha value is -1.80. The van der Waals surface area contributed by atoms with Gasteiger partial charge in [-0.15, -0.1) is 0 Å². The summed E-state index contributed by atoms with van der Waals surface area (Å²) < 4.78 is 41.2. The molecule has 1 aromatic carbocycles. The van der Waals surface area contributed by atoms with E-state index in [4.69, 9.17) is 5.11 Å². The number of aliphatic hydroxyl groups excluding tert-OH is 1. The number of nitrogens with one attached hydrogen (secondary N) is 2. The van der Waals surface area contributed by atoms with Gasteiger partial charge in [0, 0.05) is 18.2 Å². The van der Waals surface area contributed by atoms with Crippen LogP contribution in [-0.2, 0) is 0 Å². The summed E-state index contributed by atoms with van der Waals surface area (Å²) in [5.74, 6) is -0.623. The van der Waals surface area contributed by atoms with Crippen molar-refractivity contribution in [1.82, 2.24) is 10.6 Å². The van der Waals surface area contributed by atoms with E-state index in [2.05, 4.69) is 15.4 Å². The lowest BCUT2D eigenvalue weighted by atomic mass is 10.1. The predicted octanol–water partition coefficient (Wildman–Crippen LogP) is 1.82. The number of piperidine rings is 1. The zero-order chi connectivity index (χ0) is 16.9. The Morgan fingerprint density at radius 2 is 2.22 bits per heavy atom. The summed E-state index contributed by atoms with van der Waals surface area (Å²) in [6, 6.07) is 5.48. The summed E-state index contributed by atoms with van der Waals surface area (Å²) in [5.41, 5.74) is 0.174. The molecular formula is C15H19F3N2O3. The maximum atomic E-state index is 12.3. The average molecular weight is 332 g/mol. The van der Waals surface area contributed by atoms with Crippen LogP contribution < -0.4 is 15.4 Å². The number of benzene rings is 1. The van der Waals surface area contributed by atoms with Gasteiger partial charge in [-0.2, -0.15) is 13.2 Å². The number of alkyl halides is 3. The Kier molecular flexibility index (Phi) is 5.84. The van der Waals surface area contributed by atoms with Crippen molar-refractivity contribution >= 4 is 5.91 Å². The summed E-state index contributed by atoms with van der Waals surface area (Å²) in [4.78, 5) is 12.0. The standard InChI is InChI=1S/C15H19F3N2O3/c16-15(17,18)14(22)23-12-6-3-4-10(8-12)13(21)20-9-11-5-1-2-7-19-11/h3-4,6,8,11,14,19,22H,1-2,5,7,9H2,(H,20,21). The van der Waals surface area contributed by atoms with Crippen LogP contribution in [0, 0.1) is 0 Å². The van der Waals surface area contributed by atoms with Crippen molar-refractivity contribution < 1.29 is 27.8 Å². The zero-order valence-electron chi connectivity index (χ0n) is 12.4. The van der Waals surface area contributed by atoms with Gasteiger partial charge in [-0.25, -0.2) is 0 Å². The third-order valence-corrected chi connectivity index (χ3v) is 3.55. The Balaban J connectivity index is 1.91. The summed E-state index contributed by atoms with van der Waals surface area (Å²) in [6.07, 6.45) is -4.61. The fraction of sp³-hybridized carbons (Fsp3) is 0.533. The lowest BCUT2D eigenvalue weighted by Crippen LogP contribution is -2.43. The summed E-state index contributed by atoms with van der Waals surface area (Å²) >= 11 is 0. The maximum Gasteiger partial charge on any atom is 0.452 e. The molecule has 0 aliphatic carbocycles. The topological polar surface area (TPSA) is 70.6 Å². The van der Waals surface area contributed by atoms with Gasteiger partial charge in [-0.05, 0) is 37.6 Å². The second-order valence-electron chi connectivity index (χ2n) is 5.40. The fourth-order valence-corrected chi connectivity index (χ4v) is 2.32. The van der Waals surface area contributed by atoms with E-state index in [1.54, 1.807) is 0 Å². The van der Waals surface area contributed by atoms with Crippen LogP contribution in [0.1, 0.15) is 29.6 Å². The molecule has 1 fully saturated rings. The monoisotopic (exact) mass is 332 g/mol. The number of rotatable bonds is 5. The van der Waals surface area contributed by atoms with Crippen molar-refractivity contribution in [3.05, 3.63) is 29.8 Å². The van der Waals surface area contributed by atoms with E-state index < -0.39 is 18.4 Å². The van der Waals surface area contributed by atoms with Crippen molar-refractivity contribution in [2.75, 3.05) is 13.1 Å². The second kappa shape index (κ2) is 7.65.